The van der Waals surface area contributed by atoms with Gasteiger partial charge in [-0.05, 0) is 42.8 Å². The molecule has 2 N–H and O–H groups in total. The molecule has 0 saturated heterocycles. The van der Waals surface area contributed by atoms with Gasteiger partial charge in [0.2, 0.25) is 0 Å². The molecule has 0 unspecified atom stereocenters. The van der Waals surface area contributed by atoms with Crippen LogP contribution in [0.2, 0.25) is 0 Å². The third-order valence-electron chi connectivity index (χ3n) is 3.74. The normalized spacial score (nSPS) is 10.2. The number of hydrogen-bond donors (Lipinski definition) is 2. The van der Waals surface area contributed by atoms with E-state index in [0.717, 1.165) is 21.3 Å². The molecule has 3 aromatic carbocycles. The van der Waals surface area contributed by atoms with Gasteiger partial charge in [-0.3, -0.25) is 0 Å². The molecular weight excluding hydrogens is 392 g/mol. The summed E-state index contributed by atoms with van der Waals surface area (Å²) in [4.78, 5) is 12.3. The first kappa shape index (κ1) is 18.0. The summed E-state index contributed by atoms with van der Waals surface area (Å²) in [6.07, 6.45) is 0. The van der Waals surface area contributed by atoms with Gasteiger partial charge in [0.15, 0.2) is 0 Å². The van der Waals surface area contributed by atoms with Crippen LogP contribution in [0.4, 0.5) is 16.2 Å². The molecule has 0 fully saturated rings. The van der Waals surface area contributed by atoms with Crippen LogP contribution in [0.15, 0.2) is 77.3 Å². The first-order chi connectivity index (χ1) is 12.6. The Morgan fingerprint density at radius 3 is 2.42 bits per heavy atom. The largest absolute Gasteiger partial charge is 0.487 e. The van der Waals surface area contributed by atoms with Crippen LogP contribution in [0.1, 0.15) is 11.1 Å². The van der Waals surface area contributed by atoms with E-state index in [1.165, 1.54) is 0 Å². The van der Waals surface area contributed by atoms with Gasteiger partial charge < -0.3 is 15.4 Å². The fourth-order valence-electron chi connectivity index (χ4n) is 2.38. The molecule has 0 aliphatic rings. The fourth-order valence-corrected chi connectivity index (χ4v) is 2.74. The van der Waals surface area contributed by atoms with Crippen molar-refractivity contribution in [1.82, 2.24) is 0 Å². The predicted octanol–water partition coefficient (Wildman–Crippen LogP) is 5.98. The Hall–Kier alpha value is -2.79. The number of anilines is 2. The average molecular weight is 411 g/mol. The third-order valence-corrected chi connectivity index (χ3v) is 4.23. The molecule has 5 heteroatoms. The summed E-state index contributed by atoms with van der Waals surface area (Å²) in [5, 5.41) is 5.66. The smallest absolute Gasteiger partial charge is 0.323 e. The molecule has 4 nitrogen and oxygen atoms in total. The summed E-state index contributed by atoms with van der Waals surface area (Å²) in [6, 6.07) is 22.7. The van der Waals surface area contributed by atoms with Crippen LogP contribution in [0.25, 0.3) is 0 Å². The molecular formula is C21H19BrN2O2. The number of carbonyl (C=O) groups is 1. The van der Waals surface area contributed by atoms with Crippen molar-refractivity contribution >= 4 is 33.3 Å². The number of halogens is 1. The van der Waals surface area contributed by atoms with Gasteiger partial charge in [0.05, 0.1) is 5.69 Å². The molecule has 3 rings (SSSR count). The predicted molar refractivity (Wildman–Crippen MR) is 109 cm³/mol. The van der Waals surface area contributed by atoms with Crippen LogP contribution in [-0.4, -0.2) is 6.03 Å². The maximum absolute atomic E-state index is 12.3. The number of rotatable bonds is 5. The highest BCUT2D eigenvalue weighted by molar-refractivity contribution is 9.10. The lowest BCUT2D eigenvalue weighted by atomic mass is 10.2. The minimum Gasteiger partial charge on any atom is -0.487 e. The van der Waals surface area contributed by atoms with E-state index >= 15 is 0 Å². The minimum atomic E-state index is -0.323. The monoisotopic (exact) mass is 410 g/mol. The standard InChI is InChI=1S/C21H19BrN2O2/c1-15-7-10-18(11-8-15)23-21(25)24-19-13-17(22)9-12-20(19)26-14-16-5-3-2-4-6-16/h2-13H,14H2,1H3,(H2,23,24,25). The molecule has 0 aromatic heterocycles. The van der Waals surface area contributed by atoms with Crippen molar-refractivity contribution in [3.8, 4) is 5.75 Å². The molecule has 0 bridgehead atoms. The molecule has 0 saturated carbocycles. The molecule has 0 aliphatic carbocycles. The first-order valence-electron chi connectivity index (χ1n) is 8.21. The SMILES string of the molecule is Cc1ccc(NC(=O)Nc2cc(Br)ccc2OCc2ccccc2)cc1. The van der Waals surface area contributed by atoms with Crippen LogP contribution < -0.4 is 15.4 Å². The van der Waals surface area contributed by atoms with Gasteiger partial charge >= 0.3 is 6.03 Å². The second kappa shape index (κ2) is 8.54. The van der Waals surface area contributed by atoms with Gasteiger partial charge in [-0.15, -0.1) is 0 Å². The van der Waals surface area contributed by atoms with E-state index in [9.17, 15) is 4.79 Å². The van der Waals surface area contributed by atoms with E-state index in [4.69, 9.17) is 4.74 Å². The van der Waals surface area contributed by atoms with Gasteiger partial charge in [-0.25, -0.2) is 4.79 Å². The van der Waals surface area contributed by atoms with Crippen molar-refractivity contribution in [3.63, 3.8) is 0 Å². The van der Waals surface area contributed by atoms with Crippen LogP contribution >= 0.6 is 15.9 Å². The number of benzene rings is 3. The molecule has 0 heterocycles. The molecule has 0 radical (unpaired) electrons. The summed E-state index contributed by atoms with van der Waals surface area (Å²) in [5.41, 5.74) is 3.53. The number of hydrogen-bond acceptors (Lipinski definition) is 2. The lowest BCUT2D eigenvalue weighted by Gasteiger charge is -2.14. The maximum atomic E-state index is 12.3. The van der Waals surface area contributed by atoms with Gasteiger partial charge in [0, 0.05) is 10.2 Å². The zero-order valence-electron chi connectivity index (χ0n) is 14.3. The van der Waals surface area contributed by atoms with Crippen molar-refractivity contribution in [1.29, 1.82) is 0 Å². The summed E-state index contributed by atoms with van der Waals surface area (Å²) >= 11 is 3.43. The summed E-state index contributed by atoms with van der Waals surface area (Å²) in [6.45, 7) is 2.43. The summed E-state index contributed by atoms with van der Waals surface area (Å²) in [5.74, 6) is 0.608. The van der Waals surface area contributed by atoms with Gasteiger partial charge in [0.25, 0.3) is 0 Å². The van der Waals surface area contributed by atoms with E-state index in [1.807, 2.05) is 79.7 Å². The molecule has 26 heavy (non-hydrogen) atoms. The second-order valence-electron chi connectivity index (χ2n) is 5.86. The van der Waals surface area contributed by atoms with Crippen molar-refractivity contribution in [2.24, 2.45) is 0 Å². The number of ether oxygens (including phenoxy) is 1. The van der Waals surface area contributed by atoms with Gasteiger partial charge in [-0.1, -0.05) is 64.0 Å². The van der Waals surface area contributed by atoms with Crippen molar-refractivity contribution in [2.75, 3.05) is 10.6 Å². The number of carbonyl (C=O) groups excluding carboxylic acids is 1. The zero-order chi connectivity index (χ0) is 18.4. The highest BCUT2D eigenvalue weighted by atomic mass is 79.9. The van der Waals surface area contributed by atoms with E-state index in [2.05, 4.69) is 26.6 Å². The highest BCUT2D eigenvalue weighted by Gasteiger charge is 2.09. The Labute approximate surface area is 161 Å². The van der Waals surface area contributed by atoms with E-state index in [-0.39, 0.29) is 6.03 Å². The molecule has 2 amide bonds. The second-order valence-corrected chi connectivity index (χ2v) is 6.78. The van der Waals surface area contributed by atoms with E-state index in [1.54, 1.807) is 0 Å². The van der Waals surface area contributed by atoms with Crippen LogP contribution in [-0.2, 0) is 6.61 Å². The maximum Gasteiger partial charge on any atom is 0.323 e. The number of urea groups is 1. The summed E-state index contributed by atoms with van der Waals surface area (Å²) in [7, 11) is 0. The molecule has 0 aliphatic heterocycles. The zero-order valence-corrected chi connectivity index (χ0v) is 15.9. The number of nitrogens with one attached hydrogen (secondary N) is 2. The number of aryl methyl sites for hydroxylation is 1. The Bertz CT molecular complexity index is 880. The van der Waals surface area contributed by atoms with Crippen LogP contribution in [0.3, 0.4) is 0 Å². The highest BCUT2D eigenvalue weighted by Crippen LogP contribution is 2.29. The lowest BCUT2D eigenvalue weighted by molar-refractivity contribution is 0.261. The van der Waals surface area contributed by atoms with Crippen LogP contribution in [0.5, 0.6) is 5.75 Å². The Balaban J connectivity index is 1.68. The summed E-state index contributed by atoms with van der Waals surface area (Å²) < 4.78 is 6.74. The molecule has 3 aromatic rings. The number of amides is 2. The first-order valence-corrected chi connectivity index (χ1v) is 9.00. The average Bonchev–Trinajstić information content (AvgIpc) is 2.64. The third kappa shape index (κ3) is 5.10. The van der Waals surface area contributed by atoms with Crippen molar-refractivity contribution in [3.05, 3.63) is 88.4 Å². The Morgan fingerprint density at radius 1 is 0.962 bits per heavy atom. The van der Waals surface area contributed by atoms with Crippen LogP contribution in [0, 0.1) is 6.92 Å². The molecule has 0 atom stereocenters. The Kier molecular flexibility index (Phi) is 5.92. The van der Waals surface area contributed by atoms with E-state index < -0.39 is 0 Å². The van der Waals surface area contributed by atoms with Crippen molar-refractivity contribution in [2.45, 2.75) is 13.5 Å². The lowest BCUT2D eigenvalue weighted by Crippen LogP contribution is -2.20. The Morgan fingerprint density at radius 2 is 1.69 bits per heavy atom. The van der Waals surface area contributed by atoms with E-state index in [0.29, 0.717) is 18.0 Å². The fraction of sp³-hybridized carbons (Fsp3) is 0.0952. The minimum absolute atomic E-state index is 0.323. The molecule has 0 spiro atoms. The quantitative estimate of drug-likeness (QED) is 0.543. The van der Waals surface area contributed by atoms with Gasteiger partial charge in [-0.2, -0.15) is 0 Å². The van der Waals surface area contributed by atoms with Crippen molar-refractivity contribution < 1.29 is 9.53 Å². The molecule has 132 valence electrons. The van der Waals surface area contributed by atoms with Gasteiger partial charge in [0.1, 0.15) is 12.4 Å². The topological polar surface area (TPSA) is 50.4 Å².